The van der Waals surface area contributed by atoms with E-state index in [1.165, 1.54) is 16.8 Å². The van der Waals surface area contributed by atoms with Gasteiger partial charge < -0.3 is 14.6 Å². The van der Waals surface area contributed by atoms with Crippen LogP contribution in [0.2, 0.25) is 10.0 Å². The number of amides is 1. The molecule has 2 aromatic carbocycles. The fraction of sp³-hybridized carbons (Fsp3) is 0.136. The summed E-state index contributed by atoms with van der Waals surface area (Å²) in [7, 11) is 0. The lowest BCUT2D eigenvalue weighted by Gasteiger charge is -2.07. The predicted molar refractivity (Wildman–Crippen MR) is 118 cm³/mol. The lowest BCUT2D eigenvalue weighted by molar-refractivity contribution is 0.101. The Hall–Kier alpha value is -3.36. The zero-order valence-corrected chi connectivity index (χ0v) is 18.3. The molecule has 0 saturated carbocycles. The first-order chi connectivity index (χ1) is 15.4. The van der Waals surface area contributed by atoms with Gasteiger partial charge in [-0.05, 0) is 37.3 Å². The summed E-state index contributed by atoms with van der Waals surface area (Å²) >= 11 is 12.0. The second-order valence-electron chi connectivity index (χ2n) is 6.86. The number of aromatic nitrogens is 3. The number of rotatable bonds is 7. The van der Waals surface area contributed by atoms with Crippen LogP contribution in [0, 0.1) is 12.7 Å². The number of hydrogen-bond acceptors (Lipinski definition) is 5. The number of aryl methyl sites for hydroxylation is 1. The molecule has 2 heterocycles. The SMILES string of the molecule is Cc1onc(C(=O)Nc2ccn(Cc3c(F)cccc3Cl)n2)c1COc1cccc(Cl)c1. The second-order valence-corrected chi connectivity index (χ2v) is 7.71. The van der Waals surface area contributed by atoms with E-state index in [0.717, 1.165) is 0 Å². The molecule has 164 valence electrons. The van der Waals surface area contributed by atoms with Crippen molar-refractivity contribution in [1.82, 2.24) is 14.9 Å². The highest BCUT2D eigenvalue weighted by atomic mass is 35.5. The normalized spacial score (nSPS) is 10.9. The highest BCUT2D eigenvalue weighted by Crippen LogP contribution is 2.22. The molecule has 0 aliphatic carbocycles. The van der Waals surface area contributed by atoms with E-state index in [1.807, 2.05) is 0 Å². The number of nitrogens with zero attached hydrogens (tertiary/aromatic N) is 3. The molecule has 32 heavy (non-hydrogen) atoms. The maximum atomic E-state index is 14.0. The van der Waals surface area contributed by atoms with Crippen LogP contribution in [0.15, 0.2) is 59.3 Å². The van der Waals surface area contributed by atoms with Gasteiger partial charge in [-0.25, -0.2) is 4.39 Å². The van der Waals surface area contributed by atoms with Crippen LogP contribution in [0.1, 0.15) is 27.4 Å². The minimum Gasteiger partial charge on any atom is -0.489 e. The monoisotopic (exact) mass is 474 g/mol. The van der Waals surface area contributed by atoms with Gasteiger partial charge in [0.2, 0.25) is 0 Å². The predicted octanol–water partition coefficient (Wildman–Crippen LogP) is 5.51. The number of halogens is 3. The summed E-state index contributed by atoms with van der Waals surface area (Å²) in [6.45, 7) is 1.87. The van der Waals surface area contributed by atoms with E-state index in [0.29, 0.717) is 32.7 Å². The molecule has 4 aromatic rings. The van der Waals surface area contributed by atoms with E-state index in [9.17, 15) is 9.18 Å². The molecule has 0 atom stereocenters. The lowest BCUT2D eigenvalue weighted by atomic mass is 10.2. The van der Waals surface area contributed by atoms with Gasteiger partial charge in [-0.3, -0.25) is 9.48 Å². The summed E-state index contributed by atoms with van der Waals surface area (Å²) in [6.07, 6.45) is 1.61. The van der Waals surface area contributed by atoms with Crippen molar-refractivity contribution in [3.8, 4) is 5.75 Å². The minimum absolute atomic E-state index is 0.0681. The van der Waals surface area contributed by atoms with Gasteiger partial charge in [0.05, 0.1) is 12.1 Å². The molecule has 1 N–H and O–H groups in total. The van der Waals surface area contributed by atoms with Gasteiger partial charge in [0.25, 0.3) is 5.91 Å². The first-order valence-corrected chi connectivity index (χ1v) is 10.3. The van der Waals surface area contributed by atoms with Crippen LogP contribution in [-0.2, 0) is 13.2 Å². The molecule has 0 fully saturated rings. The summed E-state index contributed by atoms with van der Waals surface area (Å²) in [5.74, 6) is 0.332. The van der Waals surface area contributed by atoms with Crippen LogP contribution in [0.4, 0.5) is 10.2 Å². The average Bonchev–Trinajstić information content (AvgIpc) is 3.35. The maximum Gasteiger partial charge on any atom is 0.279 e. The molecule has 0 radical (unpaired) electrons. The molecule has 0 spiro atoms. The maximum absolute atomic E-state index is 14.0. The summed E-state index contributed by atoms with van der Waals surface area (Å²) in [6, 6.07) is 13.0. The van der Waals surface area contributed by atoms with Crippen molar-refractivity contribution >= 4 is 34.9 Å². The van der Waals surface area contributed by atoms with Crippen LogP contribution < -0.4 is 10.1 Å². The summed E-state index contributed by atoms with van der Waals surface area (Å²) in [5.41, 5.74) is 0.888. The molecular weight excluding hydrogens is 458 g/mol. The van der Waals surface area contributed by atoms with Crippen LogP contribution >= 0.6 is 23.2 Å². The molecule has 0 bridgehead atoms. The molecule has 0 aliphatic rings. The number of benzene rings is 2. The molecule has 1 amide bonds. The number of anilines is 1. The minimum atomic E-state index is -0.513. The molecule has 7 nitrogen and oxygen atoms in total. The topological polar surface area (TPSA) is 82.2 Å². The van der Waals surface area contributed by atoms with Crippen molar-refractivity contribution in [3.05, 3.63) is 93.2 Å². The van der Waals surface area contributed by atoms with Gasteiger partial charge in [0.15, 0.2) is 11.5 Å². The Balaban J connectivity index is 1.45. The Kier molecular flexibility index (Phi) is 6.43. The molecular formula is C22H17Cl2FN4O3. The number of ether oxygens (including phenoxy) is 1. The van der Waals surface area contributed by atoms with E-state index >= 15 is 0 Å². The van der Waals surface area contributed by atoms with Crippen molar-refractivity contribution < 1.29 is 18.4 Å². The Labute approximate surface area is 192 Å². The number of carbonyl (C=O) groups is 1. The number of hydrogen-bond donors (Lipinski definition) is 1. The standard InChI is InChI=1S/C22H17Cl2FN4O3/c1-13-17(12-31-15-5-2-4-14(23)10-15)21(28-32-13)22(30)26-20-8-9-29(27-20)11-16-18(24)6-3-7-19(16)25/h2-10H,11-12H2,1H3,(H,26,27,30). The van der Waals surface area contributed by atoms with Crippen LogP contribution in [-0.4, -0.2) is 20.8 Å². The smallest absolute Gasteiger partial charge is 0.279 e. The highest BCUT2D eigenvalue weighted by molar-refractivity contribution is 6.31. The van der Waals surface area contributed by atoms with Gasteiger partial charge in [-0.1, -0.05) is 40.5 Å². The van der Waals surface area contributed by atoms with Crippen molar-refractivity contribution in [2.24, 2.45) is 0 Å². The van der Waals surface area contributed by atoms with Gasteiger partial charge in [0.1, 0.15) is 23.9 Å². The molecule has 4 rings (SSSR count). The lowest BCUT2D eigenvalue weighted by Crippen LogP contribution is -2.16. The molecule has 2 aromatic heterocycles. The van der Waals surface area contributed by atoms with Gasteiger partial charge in [0, 0.05) is 27.9 Å². The van der Waals surface area contributed by atoms with E-state index in [4.69, 9.17) is 32.5 Å². The van der Waals surface area contributed by atoms with E-state index in [2.05, 4.69) is 15.6 Å². The van der Waals surface area contributed by atoms with Gasteiger partial charge in [-0.15, -0.1) is 0 Å². The van der Waals surface area contributed by atoms with Crippen LogP contribution in [0.25, 0.3) is 0 Å². The molecule has 0 aliphatic heterocycles. The van der Waals surface area contributed by atoms with Crippen molar-refractivity contribution in [1.29, 1.82) is 0 Å². The van der Waals surface area contributed by atoms with E-state index in [1.54, 1.807) is 49.5 Å². The first-order valence-electron chi connectivity index (χ1n) is 9.52. The fourth-order valence-electron chi connectivity index (χ4n) is 2.99. The second kappa shape index (κ2) is 9.42. The van der Waals surface area contributed by atoms with Crippen molar-refractivity contribution in [2.45, 2.75) is 20.1 Å². The fourth-order valence-corrected chi connectivity index (χ4v) is 3.39. The van der Waals surface area contributed by atoms with Gasteiger partial charge in [-0.2, -0.15) is 5.10 Å². The highest BCUT2D eigenvalue weighted by Gasteiger charge is 2.21. The summed E-state index contributed by atoms with van der Waals surface area (Å²) < 4.78 is 26.4. The third-order valence-corrected chi connectivity index (χ3v) is 5.23. The summed E-state index contributed by atoms with van der Waals surface area (Å²) in [5, 5.41) is 11.6. The van der Waals surface area contributed by atoms with Crippen LogP contribution in [0.5, 0.6) is 5.75 Å². The number of carbonyl (C=O) groups excluding carboxylic acids is 1. The average molecular weight is 475 g/mol. The third kappa shape index (κ3) is 4.92. The Morgan fingerprint density at radius 3 is 2.78 bits per heavy atom. The molecule has 0 saturated heterocycles. The van der Waals surface area contributed by atoms with E-state index < -0.39 is 11.7 Å². The van der Waals surface area contributed by atoms with Gasteiger partial charge >= 0.3 is 0 Å². The number of nitrogens with one attached hydrogen (secondary N) is 1. The van der Waals surface area contributed by atoms with Crippen LogP contribution in [0.3, 0.4) is 0 Å². The quantitative estimate of drug-likeness (QED) is 0.382. The Morgan fingerprint density at radius 2 is 2.00 bits per heavy atom. The zero-order chi connectivity index (χ0) is 22.7. The summed E-state index contributed by atoms with van der Waals surface area (Å²) in [4.78, 5) is 12.7. The Bertz CT molecular complexity index is 1250. The van der Waals surface area contributed by atoms with Crippen molar-refractivity contribution in [2.75, 3.05) is 5.32 Å². The zero-order valence-electron chi connectivity index (χ0n) is 16.8. The molecule has 10 heteroatoms. The van der Waals surface area contributed by atoms with Crippen molar-refractivity contribution in [3.63, 3.8) is 0 Å². The molecule has 0 unspecified atom stereocenters. The first kappa shape index (κ1) is 21.9. The largest absolute Gasteiger partial charge is 0.489 e. The van der Waals surface area contributed by atoms with E-state index in [-0.39, 0.29) is 24.7 Å². The third-order valence-electron chi connectivity index (χ3n) is 4.64. The Morgan fingerprint density at radius 1 is 1.19 bits per heavy atom.